The lowest BCUT2D eigenvalue weighted by Crippen LogP contribution is -2.47. The van der Waals surface area contributed by atoms with Crippen LogP contribution < -0.4 is 0 Å². The number of likely N-dealkylation sites (tertiary alicyclic amines) is 1. The van der Waals surface area contributed by atoms with Gasteiger partial charge in [-0.1, -0.05) is 37.3 Å². The van der Waals surface area contributed by atoms with Crippen molar-refractivity contribution in [3.05, 3.63) is 54.4 Å². The maximum Gasteiger partial charge on any atom is 0.227 e. The summed E-state index contributed by atoms with van der Waals surface area (Å²) >= 11 is 0. The fourth-order valence-electron chi connectivity index (χ4n) is 3.82. The van der Waals surface area contributed by atoms with Gasteiger partial charge in [0.1, 0.15) is 0 Å². The lowest BCUT2D eigenvalue weighted by atomic mass is 9.74. The Bertz CT molecular complexity index is 677. The molecule has 1 aliphatic heterocycles. The van der Waals surface area contributed by atoms with Crippen molar-refractivity contribution in [3.8, 4) is 0 Å². The normalized spacial score (nSPS) is 17.8. The Labute approximate surface area is 155 Å². The van der Waals surface area contributed by atoms with Gasteiger partial charge in [-0.15, -0.1) is 0 Å². The van der Waals surface area contributed by atoms with Crippen LogP contribution in [0.2, 0.25) is 0 Å². The van der Waals surface area contributed by atoms with Crippen LogP contribution in [0.5, 0.6) is 0 Å². The van der Waals surface area contributed by atoms with Crippen LogP contribution in [0.25, 0.3) is 0 Å². The molecule has 1 saturated heterocycles. The van der Waals surface area contributed by atoms with Crippen molar-refractivity contribution in [2.24, 2.45) is 11.3 Å². The van der Waals surface area contributed by atoms with E-state index in [-0.39, 0.29) is 23.8 Å². The SMILES string of the molecule is CC(Cn1cccn1)C(=O)N1CCC(CO)(CCc2ccccc2)CC1. The highest BCUT2D eigenvalue weighted by atomic mass is 16.3. The number of amides is 1. The number of aliphatic hydroxyl groups is 1. The number of rotatable bonds is 7. The highest BCUT2D eigenvalue weighted by Crippen LogP contribution is 2.36. The van der Waals surface area contributed by atoms with Crippen molar-refractivity contribution in [2.75, 3.05) is 19.7 Å². The monoisotopic (exact) mass is 355 g/mol. The molecule has 0 saturated carbocycles. The molecule has 0 aliphatic carbocycles. The molecule has 1 atom stereocenters. The van der Waals surface area contributed by atoms with Gasteiger partial charge in [-0.2, -0.15) is 5.10 Å². The lowest BCUT2D eigenvalue weighted by molar-refractivity contribution is -0.138. The van der Waals surface area contributed by atoms with E-state index in [9.17, 15) is 9.90 Å². The van der Waals surface area contributed by atoms with E-state index in [0.717, 1.165) is 38.8 Å². The molecule has 5 nitrogen and oxygen atoms in total. The summed E-state index contributed by atoms with van der Waals surface area (Å²) in [6.45, 7) is 4.24. The van der Waals surface area contributed by atoms with Gasteiger partial charge in [-0.05, 0) is 42.7 Å². The molecule has 0 radical (unpaired) electrons. The van der Waals surface area contributed by atoms with Crippen LogP contribution in [-0.2, 0) is 17.8 Å². The zero-order chi connectivity index (χ0) is 18.4. The van der Waals surface area contributed by atoms with Gasteiger partial charge in [-0.3, -0.25) is 9.48 Å². The number of aryl methyl sites for hydroxylation is 1. The number of hydrogen-bond acceptors (Lipinski definition) is 3. The van der Waals surface area contributed by atoms with E-state index in [1.807, 2.05) is 34.8 Å². The fraction of sp³-hybridized carbons (Fsp3) is 0.524. The van der Waals surface area contributed by atoms with Gasteiger partial charge in [0.05, 0.1) is 12.5 Å². The van der Waals surface area contributed by atoms with E-state index < -0.39 is 0 Å². The Hall–Kier alpha value is -2.14. The van der Waals surface area contributed by atoms with Crippen LogP contribution in [0.3, 0.4) is 0 Å². The molecule has 1 amide bonds. The van der Waals surface area contributed by atoms with Crippen LogP contribution >= 0.6 is 0 Å². The molecule has 140 valence electrons. The van der Waals surface area contributed by atoms with Gasteiger partial charge in [0.25, 0.3) is 0 Å². The summed E-state index contributed by atoms with van der Waals surface area (Å²) in [6.07, 6.45) is 7.32. The quantitative estimate of drug-likeness (QED) is 0.831. The second kappa shape index (κ2) is 8.49. The average molecular weight is 355 g/mol. The van der Waals surface area contributed by atoms with Crippen molar-refractivity contribution in [3.63, 3.8) is 0 Å². The molecule has 0 bridgehead atoms. The topological polar surface area (TPSA) is 58.4 Å². The smallest absolute Gasteiger partial charge is 0.227 e. The Morgan fingerprint density at radius 2 is 1.96 bits per heavy atom. The van der Waals surface area contributed by atoms with Crippen LogP contribution in [-0.4, -0.2) is 45.4 Å². The third-order valence-corrected chi connectivity index (χ3v) is 5.70. The number of aliphatic hydroxyl groups excluding tert-OH is 1. The number of piperidine rings is 1. The predicted octanol–water partition coefficient (Wildman–Crippen LogP) is 2.75. The summed E-state index contributed by atoms with van der Waals surface area (Å²) in [5.74, 6) is 0.107. The molecular formula is C21H29N3O2. The van der Waals surface area contributed by atoms with Crippen LogP contribution in [0.4, 0.5) is 0 Å². The number of nitrogens with zero attached hydrogens (tertiary/aromatic N) is 3. The molecule has 1 fully saturated rings. The van der Waals surface area contributed by atoms with Gasteiger partial charge >= 0.3 is 0 Å². The molecule has 5 heteroatoms. The maximum atomic E-state index is 12.7. The Balaban J connectivity index is 1.52. The molecule has 3 rings (SSSR count). The highest BCUT2D eigenvalue weighted by molar-refractivity contribution is 5.78. The minimum Gasteiger partial charge on any atom is -0.396 e. The highest BCUT2D eigenvalue weighted by Gasteiger charge is 2.36. The van der Waals surface area contributed by atoms with Crippen LogP contribution in [0.1, 0.15) is 31.7 Å². The molecule has 0 spiro atoms. The molecular weight excluding hydrogens is 326 g/mol. The van der Waals surface area contributed by atoms with E-state index >= 15 is 0 Å². The molecule has 1 aliphatic rings. The van der Waals surface area contributed by atoms with Gasteiger partial charge in [0, 0.05) is 32.1 Å². The summed E-state index contributed by atoms with van der Waals surface area (Å²) in [5, 5.41) is 14.2. The van der Waals surface area contributed by atoms with Crippen molar-refractivity contribution >= 4 is 5.91 Å². The van der Waals surface area contributed by atoms with E-state index in [2.05, 4.69) is 29.4 Å². The molecule has 1 aromatic carbocycles. The average Bonchev–Trinajstić information content (AvgIpc) is 3.20. The first-order valence-corrected chi connectivity index (χ1v) is 9.53. The van der Waals surface area contributed by atoms with E-state index in [4.69, 9.17) is 0 Å². The molecule has 1 aromatic heterocycles. The number of benzene rings is 1. The minimum atomic E-state index is -0.0826. The number of carbonyl (C=O) groups excluding carboxylic acids is 1. The first-order valence-electron chi connectivity index (χ1n) is 9.53. The summed E-state index contributed by atoms with van der Waals surface area (Å²) in [7, 11) is 0. The van der Waals surface area contributed by atoms with E-state index in [0.29, 0.717) is 6.54 Å². The summed E-state index contributed by atoms with van der Waals surface area (Å²) < 4.78 is 1.81. The van der Waals surface area contributed by atoms with Crippen molar-refractivity contribution in [1.29, 1.82) is 0 Å². The first-order chi connectivity index (χ1) is 12.6. The van der Waals surface area contributed by atoms with Crippen molar-refractivity contribution < 1.29 is 9.90 Å². The third-order valence-electron chi connectivity index (χ3n) is 5.70. The lowest BCUT2D eigenvalue weighted by Gasteiger charge is -2.41. The second-order valence-electron chi connectivity index (χ2n) is 7.60. The maximum absolute atomic E-state index is 12.7. The number of aromatic nitrogens is 2. The largest absolute Gasteiger partial charge is 0.396 e. The van der Waals surface area contributed by atoms with Gasteiger partial charge in [0.2, 0.25) is 5.91 Å². The molecule has 1 N–H and O–H groups in total. The third kappa shape index (κ3) is 4.52. The van der Waals surface area contributed by atoms with Crippen molar-refractivity contribution in [1.82, 2.24) is 14.7 Å². The Morgan fingerprint density at radius 1 is 1.23 bits per heavy atom. The minimum absolute atomic E-state index is 0.0577. The molecule has 1 unspecified atom stereocenters. The van der Waals surface area contributed by atoms with E-state index in [1.54, 1.807) is 6.20 Å². The Morgan fingerprint density at radius 3 is 2.58 bits per heavy atom. The summed E-state index contributed by atoms with van der Waals surface area (Å²) in [4.78, 5) is 14.7. The molecule has 26 heavy (non-hydrogen) atoms. The molecule has 2 aromatic rings. The standard InChI is InChI=1S/C21H29N3O2/c1-18(16-24-13-5-12-22-24)20(26)23-14-10-21(17-25,11-15-23)9-8-19-6-3-2-4-7-19/h2-7,12-13,18,25H,8-11,14-17H2,1H3. The zero-order valence-electron chi connectivity index (χ0n) is 15.6. The molecule has 2 heterocycles. The van der Waals surface area contributed by atoms with Gasteiger partial charge in [-0.25, -0.2) is 0 Å². The first kappa shape index (κ1) is 18.6. The van der Waals surface area contributed by atoms with Gasteiger partial charge in [0.15, 0.2) is 0 Å². The van der Waals surface area contributed by atoms with E-state index in [1.165, 1.54) is 5.56 Å². The second-order valence-corrected chi connectivity index (χ2v) is 7.60. The van der Waals surface area contributed by atoms with Crippen LogP contribution in [0, 0.1) is 11.3 Å². The fourth-order valence-corrected chi connectivity index (χ4v) is 3.82. The van der Waals surface area contributed by atoms with Crippen molar-refractivity contribution in [2.45, 2.75) is 39.2 Å². The summed E-state index contributed by atoms with van der Waals surface area (Å²) in [5.41, 5.74) is 1.25. The number of hydrogen-bond donors (Lipinski definition) is 1. The zero-order valence-corrected chi connectivity index (χ0v) is 15.6. The summed E-state index contributed by atoms with van der Waals surface area (Å²) in [6, 6.07) is 12.3. The number of carbonyl (C=O) groups is 1. The predicted molar refractivity (Wildman–Crippen MR) is 101 cm³/mol. The van der Waals surface area contributed by atoms with Gasteiger partial charge < -0.3 is 10.0 Å². The van der Waals surface area contributed by atoms with Crippen LogP contribution in [0.15, 0.2) is 48.8 Å². The Kier molecular flexibility index (Phi) is 6.09.